The van der Waals surface area contributed by atoms with E-state index in [-0.39, 0.29) is 17.6 Å². The average Bonchev–Trinajstić information content (AvgIpc) is 3.33. The number of amides is 1. The molecule has 0 spiro atoms. The summed E-state index contributed by atoms with van der Waals surface area (Å²) in [7, 11) is 0. The van der Waals surface area contributed by atoms with Crippen LogP contribution < -0.4 is 0 Å². The first-order chi connectivity index (χ1) is 17.5. The monoisotopic (exact) mass is 489 g/mol. The Labute approximate surface area is 210 Å². The number of carboxylic acids is 1. The third-order valence-electron chi connectivity index (χ3n) is 7.82. The third kappa shape index (κ3) is 5.21. The maximum absolute atomic E-state index is 13.1. The first-order valence-corrected chi connectivity index (χ1v) is 12.7. The highest BCUT2D eigenvalue weighted by Gasteiger charge is 2.38. The number of carboxylic acid groups (broad SMARTS) is 1. The molecule has 6 nitrogen and oxygen atoms in total. The molecule has 2 aromatic carbocycles. The number of aliphatic carboxylic acids is 1. The van der Waals surface area contributed by atoms with Crippen molar-refractivity contribution in [2.45, 2.75) is 37.6 Å². The quantitative estimate of drug-likeness (QED) is 0.484. The molecular weight excluding hydrogens is 457 g/mol. The number of rotatable bonds is 6. The Morgan fingerprint density at radius 1 is 0.972 bits per heavy atom. The molecule has 1 atom stereocenters. The van der Waals surface area contributed by atoms with Crippen molar-refractivity contribution in [2.24, 2.45) is 5.92 Å². The van der Waals surface area contributed by atoms with E-state index in [1.54, 1.807) is 23.1 Å². The summed E-state index contributed by atoms with van der Waals surface area (Å²) in [6.07, 6.45) is 8.54. The van der Waals surface area contributed by atoms with Gasteiger partial charge in [-0.25, -0.2) is 4.39 Å². The largest absolute Gasteiger partial charge is 0.480 e. The van der Waals surface area contributed by atoms with E-state index in [1.165, 1.54) is 29.2 Å². The number of aromatic nitrogens is 1. The zero-order valence-corrected chi connectivity index (χ0v) is 20.3. The summed E-state index contributed by atoms with van der Waals surface area (Å²) in [5.74, 6) is -0.710. The summed E-state index contributed by atoms with van der Waals surface area (Å²) < 4.78 is 13.1. The first-order valence-electron chi connectivity index (χ1n) is 12.7. The zero-order chi connectivity index (χ0) is 25.1. The summed E-state index contributed by atoms with van der Waals surface area (Å²) in [6, 6.07) is 13.8. The number of benzene rings is 2. The van der Waals surface area contributed by atoms with Gasteiger partial charge in [0, 0.05) is 36.3 Å². The molecule has 0 aliphatic carbocycles. The molecular formula is C29H32FN3O3. The van der Waals surface area contributed by atoms with E-state index in [0.717, 1.165) is 37.0 Å². The normalized spacial score (nSPS) is 19.2. The van der Waals surface area contributed by atoms with Gasteiger partial charge in [0.05, 0.1) is 0 Å². The second-order valence-corrected chi connectivity index (χ2v) is 9.93. The molecule has 36 heavy (non-hydrogen) atoms. The molecule has 1 unspecified atom stereocenters. The fourth-order valence-electron chi connectivity index (χ4n) is 5.86. The van der Waals surface area contributed by atoms with E-state index in [9.17, 15) is 19.1 Å². The van der Waals surface area contributed by atoms with Crippen LogP contribution in [0.2, 0.25) is 0 Å². The Bertz CT molecular complexity index is 1240. The predicted octanol–water partition coefficient (Wildman–Crippen LogP) is 4.89. The molecule has 1 amide bonds. The molecule has 7 heteroatoms. The van der Waals surface area contributed by atoms with Gasteiger partial charge in [-0.1, -0.05) is 30.3 Å². The minimum atomic E-state index is -0.762. The summed E-state index contributed by atoms with van der Waals surface area (Å²) >= 11 is 0. The van der Waals surface area contributed by atoms with Crippen LogP contribution in [0.1, 0.15) is 42.7 Å². The van der Waals surface area contributed by atoms with E-state index in [4.69, 9.17) is 0 Å². The Morgan fingerprint density at radius 2 is 1.67 bits per heavy atom. The van der Waals surface area contributed by atoms with Crippen molar-refractivity contribution in [3.05, 3.63) is 77.7 Å². The third-order valence-corrected chi connectivity index (χ3v) is 7.82. The number of para-hydroxylation sites is 1. The zero-order valence-electron chi connectivity index (χ0n) is 20.3. The standard InChI is InChI=1S/C29H32FN3O3/c30-23-8-5-20(6-9-23)7-10-27(34)32-15-13-22(14-16-32)28(29(35)36)33-17-11-21(12-18-33)25-19-31-26-4-2-1-3-24(25)26/h1-10,19,21-22,28,31H,11-18H2,(H,35,36)/b10-7+. The number of piperidine rings is 2. The summed E-state index contributed by atoms with van der Waals surface area (Å²) in [5.41, 5.74) is 3.24. The lowest BCUT2D eigenvalue weighted by Gasteiger charge is -2.41. The average molecular weight is 490 g/mol. The van der Waals surface area contributed by atoms with Crippen molar-refractivity contribution in [3.8, 4) is 0 Å². The lowest BCUT2D eigenvalue weighted by atomic mass is 9.84. The number of hydrogen-bond acceptors (Lipinski definition) is 3. The molecule has 0 bridgehead atoms. The van der Waals surface area contributed by atoms with Gasteiger partial charge >= 0.3 is 5.97 Å². The van der Waals surface area contributed by atoms with E-state index in [0.29, 0.717) is 31.8 Å². The lowest BCUT2D eigenvalue weighted by molar-refractivity contribution is -0.147. The van der Waals surface area contributed by atoms with Gasteiger partial charge in [-0.3, -0.25) is 14.5 Å². The van der Waals surface area contributed by atoms with Gasteiger partial charge in [-0.15, -0.1) is 0 Å². The minimum absolute atomic E-state index is 0.0252. The maximum Gasteiger partial charge on any atom is 0.321 e. The second-order valence-electron chi connectivity index (χ2n) is 9.93. The smallest absolute Gasteiger partial charge is 0.321 e. The molecule has 3 aromatic rings. The van der Waals surface area contributed by atoms with Crippen LogP contribution in [-0.2, 0) is 9.59 Å². The Hall–Kier alpha value is -3.45. The van der Waals surface area contributed by atoms with Crippen molar-refractivity contribution in [3.63, 3.8) is 0 Å². The van der Waals surface area contributed by atoms with Crippen LogP contribution in [0, 0.1) is 11.7 Å². The first kappa shape index (κ1) is 24.3. The van der Waals surface area contributed by atoms with Crippen LogP contribution in [-0.4, -0.2) is 64.0 Å². The molecule has 2 aliphatic rings. The van der Waals surface area contributed by atoms with Crippen LogP contribution in [0.5, 0.6) is 0 Å². The maximum atomic E-state index is 13.1. The van der Waals surface area contributed by atoms with Crippen molar-refractivity contribution < 1.29 is 19.1 Å². The van der Waals surface area contributed by atoms with Gasteiger partial charge in [0.2, 0.25) is 5.91 Å². The number of fused-ring (bicyclic) bond motifs is 1. The topological polar surface area (TPSA) is 76.6 Å². The van der Waals surface area contributed by atoms with Crippen LogP contribution in [0.25, 0.3) is 17.0 Å². The second kappa shape index (κ2) is 10.7. The summed E-state index contributed by atoms with van der Waals surface area (Å²) in [4.78, 5) is 32.2. The number of nitrogens with one attached hydrogen (secondary N) is 1. The van der Waals surface area contributed by atoms with Gasteiger partial charge in [-0.2, -0.15) is 0 Å². The number of carbonyl (C=O) groups is 2. The van der Waals surface area contributed by atoms with E-state index < -0.39 is 12.0 Å². The molecule has 2 aliphatic heterocycles. The molecule has 0 saturated carbocycles. The van der Waals surface area contributed by atoms with Gasteiger partial charge in [0.15, 0.2) is 0 Å². The van der Waals surface area contributed by atoms with Gasteiger partial charge in [0.1, 0.15) is 11.9 Å². The van der Waals surface area contributed by atoms with Crippen LogP contribution in [0.4, 0.5) is 4.39 Å². The Morgan fingerprint density at radius 3 is 2.36 bits per heavy atom. The van der Waals surface area contributed by atoms with E-state index in [1.807, 2.05) is 6.07 Å². The number of nitrogens with zero attached hydrogens (tertiary/aromatic N) is 2. The lowest BCUT2D eigenvalue weighted by Crippen LogP contribution is -2.52. The van der Waals surface area contributed by atoms with Crippen molar-refractivity contribution >= 4 is 28.9 Å². The van der Waals surface area contributed by atoms with Crippen LogP contribution in [0.15, 0.2) is 60.8 Å². The molecule has 2 N–H and O–H groups in total. The number of H-pyrrole nitrogens is 1. The van der Waals surface area contributed by atoms with E-state index in [2.05, 4.69) is 34.3 Å². The molecule has 188 valence electrons. The SMILES string of the molecule is O=C(O)C(C1CCN(C(=O)/C=C/c2ccc(F)cc2)CC1)N1CCC(c2c[nH]c3ccccc23)CC1. The fourth-order valence-corrected chi connectivity index (χ4v) is 5.86. The number of likely N-dealkylation sites (tertiary alicyclic amines) is 2. The number of hydrogen-bond donors (Lipinski definition) is 2. The molecule has 2 saturated heterocycles. The number of aromatic amines is 1. The molecule has 0 radical (unpaired) electrons. The van der Waals surface area contributed by atoms with Crippen LogP contribution >= 0.6 is 0 Å². The molecule has 5 rings (SSSR count). The van der Waals surface area contributed by atoms with Gasteiger partial charge in [-0.05, 0) is 86.0 Å². The highest BCUT2D eigenvalue weighted by molar-refractivity contribution is 5.91. The summed E-state index contributed by atoms with van der Waals surface area (Å²) in [6.45, 7) is 2.63. The van der Waals surface area contributed by atoms with Gasteiger partial charge in [0.25, 0.3) is 0 Å². The minimum Gasteiger partial charge on any atom is -0.480 e. The van der Waals surface area contributed by atoms with Crippen molar-refractivity contribution in [2.75, 3.05) is 26.2 Å². The summed E-state index contributed by atoms with van der Waals surface area (Å²) in [5, 5.41) is 11.4. The van der Waals surface area contributed by atoms with Gasteiger partial charge < -0.3 is 15.0 Å². The number of carbonyl (C=O) groups excluding carboxylic acids is 1. The van der Waals surface area contributed by atoms with Crippen molar-refractivity contribution in [1.82, 2.24) is 14.8 Å². The Balaban J connectivity index is 1.16. The van der Waals surface area contributed by atoms with Crippen LogP contribution in [0.3, 0.4) is 0 Å². The molecule has 1 aromatic heterocycles. The fraction of sp³-hybridized carbons (Fsp3) is 0.379. The number of halogens is 1. The predicted molar refractivity (Wildman–Crippen MR) is 138 cm³/mol. The Kier molecular flexibility index (Phi) is 7.18. The highest BCUT2D eigenvalue weighted by Crippen LogP contribution is 2.35. The molecule has 3 heterocycles. The van der Waals surface area contributed by atoms with Crippen molar-refractivity contribution in [1.29, 1.82) is 0 Å². The van der Waals surface area contributed by atoms with E-state index >= 15 is 0 Å². The highest BCUT2D eigenvalue weighted by atomic mass is 19.1. The molecule has 2 fully saturated rings.